The van der Waals surface area contributed by atoms with Gasteiger partial charge in [0.1, 0.15) is 6.04 Å². The lowest BCUT2D eigenvalue weighted by molar-refractivity contribution is -0.150. The van der Waals surface area contributed by atoms with Crippen molar-refractivity contribution in [2.45, 2.75) is 38.6 Å². The van der Waals surface area contributed by atoms with Crippen LogP contribution in [0.4, 0.5) is 0 Å². The number of hydrogen-bond acceptors (Lipinski definition) is 3. The van der Waals surface area contributed by atoms with Crippen molar-refractivity contribution in [2.75, 3.05) is 19.6 Å². The number of aliphatic carboxylic acids is 1. The first kappa shape index (κ1) is 17.5. The molecule has 2 saturated heterocycles. The van der Waals surface area contributed by atoms with Gasteiger partial charge in [0.25, 0.3) is 0 Å². The van der Waals surface area contributed by atoms with E-state index in [1.165, 1.54) is 0 Å². The molecule has 2 heterocycles. The topological polar surface area (TPSA) is 77.9 Å². The second kappa shape index (κ2) is 6.86. The summed E-state index contributed by atoms with van der Waals surface area (Å²) in [4.78, 5) is 40.4. The summed E-state index contributed by atoms with van der Waals surface area (Å²) in [5, 5.41) is 9.42. The van der Waals surface area contributed by atoms with Crippen LogP contribution in [0.3, 0.4) is 0 Å². The minimum absolute atomic E-state index is 0.00588. The Hall–Kier alpha value is -2.37. The largest absolute Gasteiger partial charge is 0.481 e. The summed E-state index contributed by atoms with van der Waals surface area (Å²) >= 11 is 0. The van der Waals surface area contributed by atoms with Crippen LogP contribution in [0.15, 0.2) is 30.3 Å². The van der Waals surface area contributed by atoms with Gasteiger partial charge in [-0.05, 0) is 31.7 Å². The Kier molecular flexibility index (Phi) is 4.79. The van der Waals surface area contributed by atoms with Gasteiger partial charge < -0.3 is 14.9 Å². The minimum atomic E-state index is -0.914. The van der Waals surface area contributed by atoms with Crippen LogP contribution >= 0.6 is 0 Å². The van der Waals surface area contributed by atoms with Crippen molar-refractivity contribution in [3.05, 3.63) is 35.9 Å². The molecule has 1 aromatic carbocycles. The van der Waals surface area contributed by atoms with E-state index in [0.717, 1.165) is 18.4 Å². The first-order valence-corrected chi connectivity index (χ1v) is 8.79. The lowest BCUT2D eigenvalue weighted by atomic mass is 9.90. The maximum atomic E-state index is 13.2. The van der Waals surface area contributed by atoms with Crippen LogP contribution in [0.5, 0.6) is 0 Å². The van der Waals surface area contributed by atoms with Gasteiger partial charge in [0, 0.05) is 26.1 Å². The van der Waals surface area contributed by atoms with E-state index in [9.17, 15) is 19.5 Å². The van der Waals surface area contributed by atoms with Gasteiger partial charge in [0.05, 0.1) is 5.41 Å². The number of amides is 2. The molecule has 2 aliphatic rings. The molecule has 134 valence electrons. The Labute approximate surface area is 147 Å². The van der Waals surface area contributed by atoms with Gasteiger partial charge in [-0.3, -0.25) is 14.4 Å². The van der Waals surface area contributed by atoms with Gasteiger partial charge in [-0.2, -0.15) is 0 Å². The van der Waals surface area contributed by atoms with Gasteiger partial charge in [0.15, 0.2) is 0 Å². The van der Waals surface area contributed by atoms with Crippen LogP contribution in [-0.2, 0) is 14.4 Å². The van der Waals surface area contributed by atoms with Gasteiger partial charge >= 0.3 is 5.97 Å². The lowest BCUT2D eigenvalue weighted by Gasteiger charge is -2.36. The van der Waals surface area contributed by atoms with Gasteiger partial charge in [-0.25, -0.2) is 0 Å². The molecule has 1 N–H and O–H groups in total. The van der Waals surface area contributed by atoms with Gasteiger partial charge in [-0.1, -0.05) is 30.3 Å². The molecule has 3 rings (SSSR count). The van der Waals surface area contributed by atoms with Crippen LogP contribution < -0.4 is 0 Å². The molecule has 0 aliphatic carbocycles. The molecule has 2 atom stereocenters. The van der Waals surface area contributed by atoms with Crippen molar-refractivity contribution in [2.24, 2.45) is 5.41 Å². The SMILES string of the molecule is CC1(C(=O)O)CCN(C(=O)C(c2ccccc2)N2CCCCC2=O)C1. The van der Waals surface area contributed by atoms with E-state index in [4.69, 9.17) is 0 Å². The first-order chi connectivity index (χ1) is 11.9. The van der Waals surface area contributed by atoms with Crippen molar-refractivity contribution in [3.8, 4) is 0 Å². The number of carboxylic acids is 1. The number of benzene rings is 1. The molecule has 0 aromatic heterocycles. The van der Waals surface area contributed by atoms with Crippen molar-refractivity contribution in [1.82, 2.24) is 9.80 Å². The second-order valence-electron chi connectivity index (χ2n) is 7.23. The minimum Gasteiger partial charge on any atom is -0.481 e. The molecule has 2 aliphatic heterocycles. The summed E-state index contributed by atoms with van der Waals surface area (Å²) in [6.07, 6.45) is 2.63. The smallest absolute Gasteiger partial charge is 0.311 e. The summed E-state index contributed by atoms with van der Waals surface area (Å²) in [5.41, 5.74) is -0.130. The van der Waals surface area contributed by atoms with Crippen molar-refractivity contribution in [1.29, 1.82) is 0 Å². The quantitative estimate of drug-likeness (QED) is 0.907. The maximum absolute atomic E-state index is 13.2. The van der Waals surface area contributed by atoms with E-state index < -0.39 is 17.4 Å². The fourth-order valence-electron chi connectivity index (χ4n) is 3.69. The van der Waals surface area contributed by atoms with E-state index >= 15 is 0 Å². The molecule has 6 nitrogen and oxygen atoms in total. The number of carbonyl (C=O) groups excluding carboxylic acids is 2. The normalized spacial score (nSPS) is 25.1. The van der Waals surface area contributed by atoms with E-state index in [0.29, 0.717) is 25.9 Å². The number of rotatable bonds is 4. The first-order valence-electron chi connectivity index (χ1n) is 8.79. The van der Waals surface area contributed by atoms with Crippen LogP contribution in [-0.4, -0.2) is 52.3 Å². The Bertz CT molecular complexity index is 675. The summed E-state index contributed by atoms with van der Waals surface area (Å²) in [6.45, 7) is 2.83. The van der Waals surface area contributed by atoms with Crippen LogP contribution in [0.1, 0.15) is 44.2 Å². The van der Waals surface area contributed by atoms with Crippen LogP contribution in [0.25, 0.3) is 0 Å². The zero-order chi connectivity index (χ0) is 18.0. The standard InChI is InChI=1S/C19H24N2O4/c1-19(18(24)25)10-12-20(13-19)17(23)16(14-7-3-2-4-8-14)21-11-6-5-9-15(21)22/h2-4,7-8,16H,5-6,9-13H2,1H3,(H,24,25). The van der Waals surface area contributed by atoms with E-state index in [2.05, 4.69) is 0 Å². The lowest BCUT2D eigenvalue weighted by Crippen LogP contribution is -2.47. The summed E-state index contributed by atoms with van der Waals surface area (Å²) in [5.74, 6) is -1.06. The third kappa shape index (κ3) is 3.38. The number of nitrogens with zero attached hydrogens (tertiary/aromatic N) is 2. The highest BCUT2D eigenvalue weighted by molar-refractivity contribution is 5.90. The predicted molar refractivity (Wildman–Crippen MR) is 91.7 cm³/mol. The Morgan fingerprint density at radius 2 is 1.88 bits per heavy atom. The van der Waals surface area contributed by atoms with E-state index in [-0.39, 0.29) is 18.4 Å². The number of hydrogen-bond donors (Lipinski definition) is 1. The van der Waals surface area contributed by atoms with E-state index in [1.807, 2.05) is 30.3 Å². The Balaban J connectivity index is 1.88. The maximum Gasteiger partial charge on any atom is 0.311 e. The molecule has 1 aromatic rings. The highest BCUT2D eigenvalue weighted by atomic mass is 16.4. The van der Waals surface area contributed by atoms with Crippen LogP contribution in [0, 0.1) is 5.41 Å². The summed E-state index contributed by atoms with van der Waals surface area (Å²) < 4.78 is 0. The third-order valence-electron chi connectivity index (χ3n) is 5.32. The molecule has 25 heavy (non-hydrogen) atoms. The average molecular weight is 344 g/mol. The molecule has 0 spiro atoms. The third-order valence-corrected chi connectivity index (χ3v) is 5.32. The summed E-state index contributed by atoms with van der Waals surface area (Å²) in [6, 6.07) is 8.64. The molecular weight excluding hydrogens is 320 g/mol. The number of carboxylic acid groups (broad SMARTS) is 1. The molecule has 2 amide bonds. The molecule has 0 radical (unpaired) electrons. The zero-order valence-electron chi connectivity index (χ0n) is 14.5. The highest BCUT2D eigenvalue weighted by Gasteiger charge is 2.45. The molecule has 2 unspecified atom stereocenters. The molecule has 6 heteroatoms. The fraction of sp³-hybridized carbons (Fsp3) is 0.526. The number of piperidine rings is 1. The van der Waals surface area contributed by atoms with E-state index in [1.54, 1.807) is 16.7 Å². The molecule has 0 bridgehead atoms. The Morgan fingerprint density at radius 1 is 1.16 bits per heavy atom. The predicted octanol–water partition coefficient (Wildman–Crippen LogP) is 2.06. The van der Waals surface area contributed by atoms with Gasteiger partial charge in [-0.15, -0.1) is 0 Å². The average Bonchev–Trinajstić information content (AvgIpc) is 3.02. The summed E-state index contributed by atoms with van der Waals surface area (Å²) in [7, 11) is 0. The molecular formula is C19H24N2O4. The van der Waals surface area contributed by atoms with Gasteiger partial charge in [0.2, 0.25) is 11.8 Å². The number of carbonyl (C=O) groups is 3. The molecule has 0 saturated carbocycles. The second-order valence-corrected chi connectivity index (χ2v) is 7.23. The molecule has 2 fully saturated rings. The highest BCUT2D eigenvalue weighted by Crippen LogP contribution is 2.34. The van der Waals surface area contributed by atoms with Crippen molar-refractivity contribution < 1.29 is 19.5 Å². The van der Waals surface area contributed by atoms with Crippen molar-refractivity contribution >= 4 is 17.8 Å². The fourth-order valence-corrected chi connectivity index (χ4v) is 3.69. The zero-order valence-corrected chi connectivity index (χ0v) is 14.5. The Morgan fingerprint density at radius 3 is 2.48 bits per heavy atom. The van der Waals surface area contributed by atoms with Crippen LogP contribution in [0.2, 0.25) is 0 Å². The number of likely N-dealkylation sites (tertiary alicyclic amines) is 2. The van der Waals surface area contributed by atoms with Crippen molar-refractivity contribution in [3.63, 3.8) is 0 Å². The monoisotopic (exact) mass is 344 g/mol.